The Labute approximate surface area is 153 Å². The average Bonchev–Trinajstić information content (AvgIpc) is 2.62. The Hall–Kier alpha value is -2.41. The van der Waals surface area contributed by atoms with Crippen molar-refractivity contribution < 1.29 is 9.53 Å². The van der Waals surface area contributed by atoms with Crippen molar-refractivity contribution in [2.45, 2.75) is 0 Å². The molecule has 4 nitrogen and oxygen atoms in total. The van der Waals surface area contributed by atoms with Crippen LogP contribution in [0.5, 0.6) is 5.75 Å². The molecule has 5 heteroatoms. The van der Waals surface area contributed by atoms with Crippen LogP contribution >= 0.6 is 22.6 Å². The molecule has 0 aromatic heterocycles. The third kappa shape index (κ3) is 3.56. The van der Waals surface area contributed by atoms with E-state index in [0.29, 0.717) is 11.3 Å². The van der Waals surface area contributed by atoms with Gasteiger partial charge < -0.3 is 4.74 Å². The summed E-state index contributed by atoms with van der Waals surface area (Å²) < 4.78 is 6.48. The summed E-state index contributed by atoms with van der Waals surface area (Å²) in [6.45, 7) is 0. The van der Waals surface area contributed by atoms with E-state index in [1.54, 1.807) is 25.5 Å². The van der Waals surface area contributed by atoms with Gasteiger partial charge in [0.15, 0.2) is 0 Å². The Bertz CT molecular complexity index is 905. The first kappa shape index (κ1) is 16.4. The molecular weight excluding hydrogens is 415 g/mol. The van der Waals surface area contributed by atoms with Crippen LogP contribution < -0.4 is 10.2 Å². The van der Waals surface area contributed by atoms with Gasteiger partial charge in [-0.15, -0.1) is 0 Å². The lowest BCUT2D eigenvalue weighted by Gasteiger charge is -2.08. The highest BCUT2D eigenvalue weighted by Gasteiger charge is 2.07. The Balaban J connectivity index is 1.85. The van der Waals surface area contributed by atoms with E-state index < -0.39 is 0 Å². The van der Waals surface area contributed by atoms with Crippen LogP contribution in [0.2, 0.25) is 0 Å². The van der Waals surface area contributed by atoms with Crippen LogP contribution in [0.4, 0.5) is 0 Å². The van der Waals surface area contributed by atoms with Crippen molar-refractivity contribution in [3.8, 4) is 5.75 Å². The maximum atomic E-state index is 12.1. The molecule has 0 aliphatic heterocycles. The number of carbonyl (C=O) groups excluding carboxylic acids is 1. The Morgan fingerprint density at radius 1 is 1.08 bits per heavy atom. The fraction of sp³-hybridized carbons (Fsp3) is 0.0526. The monoisotopic (exact) mass is 430 g/mol. The van der Waals surface area contributed by atoms with Gasteiger partial charge in [0.25, 0.3) is 5.91 Å². The van der Waals surface area contributed by atoms with Gasteiger partial charge in [-0.1, -0.05) is 30.3 Å². The quantitative estimate of drug-likeness (QED) is 0.383. The molecule has 1 amide bonds. The van der Waals surface area contributed by atoms with E-state index in [1.807, 2.05) is 48.5 Å². The van der Waals surface area contributed by atoms with E-state index in [-0.39, 0.29) is 5.91 Å². The summed E-state index contributed by atoms with van der Waals surface area (Å²) in [7, 11) is 1.62. The van der Waals surface area contributed by atoms with Crippen molar-refractivity contribution in [3.63, 3.8) is 0 Å². The second-order valence-corrected chi connectivity index (χ2v) is 6.35. The SMILES string of the molecule is COc1ccc2ccccc2c1/C=N\NC(=O)c1ccc(I)cc1. The smallest absolute Gasteiger partial charge is 0.271 e. The van der Waals surface area contributed by atoms with Crippen molar-refractivity contribution in [2.75, 3.05) is 7.11 Å². The van der Waals surface area contributed by atoms with Gasteiger partial charge in [0, 0.05) is 14.7 Å². The summed E-state index contributed by atoms with van der Waals surface area (Å²) in [6, 6.07) is 19.2. The van der Waals surface area contributed by atoms with Crippen LogP contribution in [0.15, 0.2) is 65.8 Å². The van der Waals surface area contributed by atoms with E-state index in [2.05, 4.69) is 33.1 Å². The first-order chi connectivity index (χ1) is 11.7. The molecule has 3 rings (SSSR count). The molecule has 120 valence electrons. The summed E-state index contributed by atoms with van der Waals surface area (Å²) >= 11 is 2.20. The van der Waals surface area contributed by atoms with E-state index in [9.17, 15) is 4.79 Å². The van der Waals surface area contributed by atoms with E-state index in [4.69, 9.17) is 4.74 Å². The van der Waals surface area contributed by atoms with Crippen molar-refractivity contribution in [2.24, 2.45) is 5.10 Å². The Morgan fingerprint density at radius 2 is 1.83 bits per heavy atom. The molecule has 0 aliphatic rings. The summed E-state index contributed by atoms with van der Waals surface area (Å²) in [4.78, 5) is 12.1. The second-order valence-electron chi connectivity index (χ2n) is 5.11. The van der Waals surface area contributed by atoms with Crippen molar-refractivity contribution in [1.29, 1.82) is 0 Å². The molecular formula is C19H15IN2O2. The molecule has 1 N–H and O–H groups in total. The molecule has 3 aromatic carbocycles. The lowest BCUT2D eigenvalue weighted by atomic mass is 10.0. The fourth-order valence-corrected chi connectivity index (χ4v) is 2.77. The van der Waals surface area contributed by atoms with Gasteiger partial charge in [-0.05, 0) is 63.7 Å². The summed E-state index contributed by atoms with van der Waals surface area (Å²) in [6.07, 6.45) is 1.62. The molecule has 0 spiro atoms. The number of hydrogen-bond donors (Lipinski definition) is 1. The molecule has 0 saturated carbocycles. The Kier molecular flexibility index (Phi) is 5.10. The third-order valence-electron chi connectivity index (χ3n) is 3.62. The van der Waals surface area contributed by atoms with Gasteiger partial charge in [0.1, 0.15) is 5.75 Å². The maximum absolute atomic E-state index is 12.1. The maximum Gasteiger partial charge on any atom is 0.271 e. The first-order valence-corrected chi connectivity index (χ1v) is 8.41. The molecule has 0 unspecified atom stereocenters. The molecule has 0 bridgehead atoms. The molecule has 0 aliphatic carbocycles. The van der Waals surface area contributed by atoms with E-state index in [0.717, 1.165) is 19.9 Å². The largest absolute Gasteiger partial charge is 0.496 e. The number of hydrogen-bond acceptors (Lipinski definition) is 3. The van der Waals surface area contributed by atoms with Gasteiger partial charge in [-0.2, -0.15) is 5.10 Å². The number of methoxy groups -OCH3 is 1. The summed E-state index contributed by atoms with van der Waals surface area (Å²) in [5, 5.41) is 6.20. The van der Waals surface area contributed by atoms with Crippen molar-refractivity contribution in [1.82, 2.24) is 5.43 Å². The minimum absolute atomic E-state index is 0.248. The normalized spacial score (nSPS) is 10.9. The van der Waals surface area contributed by atoms with Gasteiger partial charge >= 0.3 is 0 Å². The zero-order chi connectivity index (χ0) is 16.9. The molecule has 3 aromatic rings. The number of rotatable bonds is 4. The molecule has 0 saturated heterocycles. The van der Waals surface area contributed by atoms with Crippen LogP contribution in [-0.4, -0.2) is 19.2 Å². The number of carbonyl (C=O) groups is 1. The van der Waals surface area contributed by atoms with Crippen LogP contribution in [0, 0.1) is 3.57 Å². The zero-order valence-corrected chi connectivity index (χ0v) is 15.2. The number of hydrazone groups is 1. The lowest BCUT2D eigenvalue weighted by molar-refractivity contribution is 0.0955. The van der Waals surface area contributed by atoms with Crippen LogP contribution in [0.3, 0.4) is 0 Å². The van der Waals surface area contributed by atoms with Crippen LogP contribution in [-0.2, 0) is 0 Å². The number of halogens is 1. The molecule has 24 heavy (non-hydrogen) atoms. The predicted molar refractivity (Wildman–Crippen MR) is 105 cm³/mol. The van der Waals surface area contributed by atoms with Gasteiger partial charge in [0.05, 0.1) is 13.3 Å². The number of nitrogens with zero attached hydrogens (tertiary/aromatic N) is 1. The minimum Gasteiger partial charge on any atom is -0.496 e. The number of ether oxygens (including phenoxy) is 1. The third-order valence-corrected chi connectivity index (χ3v) is 4.34. The highest BCUT2D eigenvalue weighted by atomic mass is 127. The van der Waals surface area contributed by atoms with Crippen molar-refractivity contribution in [3.05, 3.63) is 75.4 Å². The number of nitrogens with one attached hydrogen (secondary N) is 1. The number of amides is 1. The molecule has 0 fully saturated rings. The summed E-state index contributed by atoms with van der Waals surface area (Å²) in [5.41, 5.74) is 3.95. The highest BCUT2D eigenvalue weighted by Crippen LogP contribution is 2.26. The molecule has 0 heterocycles. The van der Waals surface area contributed by atoms with Crippen LogP contribution in [0.1, 0.15) is 15.9 Å². The average molecular weight is 430 g/mol. The van der Waals surface area contributed by atoms with E-state index in [1.165, 1.54) is 0 Å². The highest BCUT2D eigenvalue weighted by molar-refractivity contribution is 14.1. The van der Waals surface area contributed by atoms with Gasteiger partial charge in [-0.3, -0.25) is 4.79 Å². The van der Waals surface area contributed by atoms with E-state index >= 15 is 0 Å². The topological polar surface area (TPSA) is 50.7 Å². The van der Waals surface area contributed by atoms with Gasteiger partial charge in [0.2, 0.25) is 0 Å². The predicted octanol–water partition coefficient (Wildman–Crippen LogP) is 4.22. The fourth-order valence-electron chi connectivity index (χ4n) is 2.41. The molecule has 0 atom stereocenters. The summed E-state index contributed by atoms with van der Waals surface area (Å²) in [5.74, 6) is 0.461. The molecule has 0 radical (unpaired) electrons. The number of fused-ring (bicyclic) bond motifs is 1. The Morgan fingerprint density at radius 3 is 2.58 bits per heavy atom. The van der Waals surface area contributed by atoms with Crippen molar-refractivity contribution >= 4 is 45.5 Å². The zero-order valence-electron chi connectivity index (χ0n) is 13.0. The standard InChI is InChI=1S/C19H15IN2O2/c1-24-18-11-8-13-4-2-3-5-16(13)17(18)12-21-22-19(23)14-6-9-15(20)10-7-14/h2-12H,1H3,(H,22,23)/b21-12-. The number of benzene rings is 3. The lowest BCUT2D eigenvalue weighted by Crippen LogP contribution is -2.17. The van der Waals surface area contributed by atoms with Gasteiger partial charge in [-0.25, -0.2) is 5.43 Å². The minimum atomic E-state index is -0.248. The van der Waals surface area contributed by atoms with Crippen LogP contribution in [0.25, 0.3) is 10.8 Å². The first-order valence-electron chi connectivity index (χ1n) is 7.34. The second kappa shape index (κ2) is 7.44.